The maximum Gasteiger partial charge on any atom is 0.341 e. The van der Waals surface area contributed by atoms with Crippen molar-refractivity contribution in [1.29, 1.82) is 0 Å². The first-order chi connectivity index (χ1) is 15.2. The molecule has 0 saturated carbocycles. The van der Waals surface area contributed by atoms with Crippen molar-refractivity contribution in [1.82, 2.24) is 0 Å². The van der Waals surface area contributed by atoms with Gasteiger partial charge in [-0.1, -0.05) is 6.92 Å². The fraction of sp³-hybridized carbons (Fsp3) is 0.455. The zero-order valence-electron chi connectivity index (χ0n) is 18.6. The average Bonchev–Trinajstić information content (AvgIpc) is 3.13. The van der Waals surface area contributed by atoms with Gasteiger partial charge in [-0.15, -0.1) is 11.3 Å². The summed E-state index contributed by atoms with van der Waals surface area (Å²) in [4.78, 5) is 26.5. The molecule has 0 aliphatic heterocycles. The highest BCUT2D eigenvalue weighted by atomic mass is 32.2. The lowest BCUT2D eigenvalue weighted by Gasteiger charge is -2.19. The summed E-state index contributed by atoms with van der Waals surface area (Å²) in [6.07, 6.45) is 4.52. The second kappa shape index (κ2) is 9.91. The van der Waals surface area contributed by atoms with E-state index in [2.05, 4.69) is 5.32 Å². The quantitative estimate of drug-likeness (QED) is 0.579. The van der Waals surface area contributed by atoms with Crippen LogP contribution in [0.5, 0.6) is 5.75 Å². The Balaban J connectivity index is 1.76. The van der Waals surface area contributed by atoms with Crippen LogP contribution in [0.15, 0.2) is 24.3 Å². The first-order valence-electron chi connectivity index (χ1n) is 10.4. The highest BCUT2D eigenvalue weighted by Gasteiger charge is 2.29. The van der Waals surface area contributed by atoms with Gasteiger partial charge in [0.1, 0.15) is 10.8 Å². The van der Waals surface area contributed by atoms with E-state index >= 15 is 0 Å². The normalized spacial score (nSPS) is 14.2. The monoisotopic (exact) mass is 480 g/mol. The van der Waals surface area contributed by atoms with E-state index < -0.39 is 22.1 Å². The lowest BCUT2D eigenvalue weighted by molar-refractivity contribution is -0.122. The number of anilines is 2. The van der Waals surface area contributed by atoms with Gasteiger partial charge in [-0.05, 0) is 61.9 Å². The number of amides is 1. The largest absolute Gasteiger partial charge is 0.481 e. The van der Waals surface area contributed by atoms with Crippen LogP contribution in [0.25, 0.3) is 0 Å². The Labute approximate surface area is 192 Å². The van der Waals surface area contributed by atoms with Gasteiger partial charge in [0.15, 0.2) is 6.10 Å². The molecule has 1 aliphatic rings. The molecule has 1 aliphatic carbocycles. The molecule has 0 fully saturated rings. The molecule has 1 aromatic heterocycles. The zero-order chi connectivity index (χ0) is 23.5. The number of carbonyl (C=O) groups is 2. The Kier molecular flexibility index (Phi) is 7.45. The van der Waals surface area contributed by atoms with Gasteiger partial charge in [0.25, 0.3) is 5.91 Å². The van der Waals surface area contributed by atoms with Crippen molar-refractivity contribution in [2.24, 2.45) is 0 Å². The average molecular weight is 481 g/mol. The Bertz CT molecular complexity index is 1090. The minimum absolute atomic E-state index is 0.353. The Morgan fingerprint density at radius 1 is 1.19 bits per heavy atom. The van der Waals surface area contributed by atoms with Crippen LogP contribution < -0.4 is 14.4 Å². The minimum Gasteiger partial charge on any atom is -0.481 e. The Hall–Kier alpha value is -2.59. The number of rotatable bonds is 8. The predicted octanol–water partition coefficient (Wildman–Crippen LogP) is 3.61. The molecule has 2 aromatic rings. The minimum atomic E-state index is -3.37. The van der Waals surface area contributed by atoms with Crippen LogP contribution in [-0.2, 0) is 32.4 Å². The van der Waals surface area contributed by atoms with Crippen LogP contribution in [-0.4, -0.2) is 46.8 Å². The van der Waals surface area contributed by atoms with Gasteiger partial charge in [-0.2, -0.15) is 0 Å². The lowest BCUT2D eigenvalue weighted by Crippen LogP contribution is -2.32. The topological polar surface area (TPSA) is 102 Å². The number of benzene rings is 1. The molecule has 1 aromatic carbocycles. The summed E-state index contributed by atoms with van der Waals surface area (Å²) >= 11 is 1.42. The van der Waals surface area contributed by atoms with E-state index in [9.17, 15) is 18.0 Å². The molecule has 0 bridgehead atoms. The van der Waals surface area contributed by atoms with Gasteiger partial charge < -0.3 is 14.8 Å². The third-order valence-electron chi connectivity index (χ3n) is 5.44. The van der Waals surface area contributed by atoms with E-state index in [1.165, 1.54) is 25.5 Å². The van der Waals surface area contributed by atoms with Crippen molar-refractivity contribution >= 4 is 43.9 Å². The van der Waals surface area contributed by atoms with Gasteiger partial charge >= 0.3 is 5.97 Å². The third kappa shape index (κ3) is 5.24. The number of carbonyl (C=O) groups excluding carboxylic acids is 2. The lowest BCUT2D eigenvalue weighted by atomic mass is 9.95. The van der Waals surface area contributed by atoms with Crippen molar-refractivity contribution in [2.75, 3.05) is 30.0 Å². The molecule has 1 unspecified atom stereocenters. The standard InChI is InChI=1S/C22H28N2O6S2/c1-5-17(30-15-12-10-14(11-13-15)24(2)32(4,27)28)20(25)23-21-19(22(26)29-3)16-8-6-7-9-18(16)31-21/h10-13,17H,5-9H2,1-4H3,(H,23,25). The molecule has 174 valence electrons. The number of aryl methyl sites for hydroxylation is 1. The van der Waals surface area contributed by atoms with E-state index in [0.717, 1.165) is 46.7 Å². The zero-order valence-corrected chi connectivity index (χ0v) is 20.3. The summed E-state index contributed by atoms with van der Waals surface area (Å²) < 4.78 is 35.3. The third-order valence-corrected chi connectivity index (χ3v) is 7.85. The van der Waals surface area contributed by atoms with Crippen molar-refractivity contribution in [3.63, 3.8) is 0 Å². The SMILES string of the molecule is CCC(Oc1ccc(N(C)S(C)(=O)=O)cc1)C(=O)Nc1sc2c(c1C(=O)OC)CCCC2. The summed E-state index contributed by atoms with van der Waals surface area (Å²) in [5.74, 6) is -0.357. The fourth-order valence-corrected chi connectivity index (χ4v) is 5.36. The summed E-state index contributed by atoms with van der Waals surface area (Å²) in [5, 5.41) is 3.37. The number of sulfonamides is 1. The highest BCUT2D eigenvalue weighted by molar-refractivity contribution is 7.92. The van der Waals surface area contributed by atoms with Crippen LogP contribution in [0, 0.1) is 0 Å². The molecule has 32 heavy (non-hydrogen) atoms. The molecule has 1 N–H and O–H groups in total. The molecule has 1 heterocycles. The molecule has 3 rings (SSSR count). The number of ether oxygens (including phenoxy) is 2. The maximum atomic E-state index is 13.0. The number of fused-ring (bicyclic) bond motifs is 1. The molecular formula is C22H28N2O6S2. The van der Waals surface area contributed by atoms with E-state index in [1.807, 2.05) is 6.92 Å². The summed E-state index contributed by atoms with van der Waals surface area (Å²) in [7, 11) is -0.565. The van der Waals surface area contributed by atoms with Crippen molar-refractivity contribution < 1.29 is 27.5 Å². The second-order valence-electron chi connectivity index (χ2n) is 7.63. The number of methoxy groups -OCH3 is 1. The summed E-state index contributed by atoms with van der Waals surface area (Å²) in [6.45, 7) is 1.83. The van der Waals surface area contributed by atoms with Gasteiger partial charge in [-0.25, -0.2) is 13.2 Å². The van der Waals surface area contributed by atoms with Gasteiger partial charge in [-0.3, -0.25) is 9.10 Å². The number of esters is 1. The molecule has 8 nitrogen and oxygen atoms in total. The number of nitrogens with zero attached hydrogens (tertiary/aromatic N) is 1. The van der Waals surface area contributed by atoms with Crippen LogP contribution >= 0.6 is 11.3 Å². The van der Waals surface area contributed by atoms with E-state index in [0.29, 0.717) is 28.4 Å². The number of hydrogen-bond acceptors (Lipinski definition) is 7. The molecule has 10 heteroatoms. The van der Waals surface area contributed by atoms with E-state index in [-0.39, 0.29) is 5.91 Å². The van der Waals surface area contributed by atoms with Crippen molar-refractivity contribution in [2.45, 2.75) is 45.1 Å². The molecule has 0 spiro atoms. The van der Waals surface area contributed by atoms with Crippen LogP contribution in [0.2, 0.25) is 0 Å². The van der Waals surface area contributed by atoms with Gasteiger partial charge in [0.05, 0.1) is 24.6 Å². The molecule has 1 amide bonds. The van der Waals surface area contributed by atoms with Gasteiger partial charge in [0, 0.05) is 11.9 Å². The first-order valence-corrected chi connectivity index (χ1v) is 13.1. The summed E-state index contributed by atoms with van der Waals surface area (Å²) in [6, 6.07) is 6.47. The number of hydrogen-bond donors (Lipinski definition) is 1. The molecule has 1 atom stereocenters. The second-order valence-corrected chi connectivity index (χ2v) is 10.8. The number of thiophene rings is 1. The summed E-state index contributed by atoms with van der Waals surface area (Å²) in [5.41, 5.74) is 1.91. The van der Waals surface area contributed by atoms with Crippen LogP contribution in [0.4, 0.5) is 10.7 Å². The van der Waals surface area contributed by atoms with E-state index in [4.69, 9.17) is 9.47 Å². The Morgan fingerprint density at radius 3 is 2.44 bits per heavy atom. The van der Waals surface area contributed by atoms with E-state index in [1.54, 1.807) is 24.3 Å². The van der Waals surface area contributed by atoms with Crippen molar-refractivity contribution in [3.8, 4) is 5.75 Å². The highest BCUT2D eigenvalue weighted by Crippen LogP contribution is 2.38. The molecule has 0 saturated heterocycles. The van der Waals surface area contributed by atoms with Crippen molar-refractivity contribution in [3.05, 3.63) is 40.3 Å². The smallest absolute Gasteiger partial charge is 0.341 e. The van der Waals surface area contributed by atoms with Crippen LogP contribution in [0.3, 0.4) is 0 Å². The maximum absolute atomic E-state index is 13.0. The van der Waals surface area contributed by atoms with Crippen LogP contribution in [0.1, 0.15) is 47.0 Å². The number of nitrogens with one attached hydrogen (secondary N) is 1. The fourth-order valence-electron chi connectivity index (χ4n) is 3.58. The molecule has 0 radical (unpaired) electrons. The Morgan fingerprint density at radius 2 is 1.84 bits per heavy atom. The molecular weight excluding hydrogens is 452 g/mol. The predicted molar refractivity (Wildman–Crippen MR) is 125 cm³/mol. The van der Waals surface area contributed by atoms with Gasteiger partial charge in [0.2, 0.25) is 10.0 Å². The first kappa shape index (κ1) is 24.1.